The number of carbonyl (C=O) groups is 1. The minimum atomic E-state index is -0.501. The van der Waals surface area contributed by atoms with E-state index < -0.39 is 6.09 Å². The number of hydrogen-bond acceptors (Lipinski definition) is 4. The second-order valence-electron chi connectivity index (χ2n) is 4.37. The monoisotopic (exact) mass is 306 g/mol. The van der Waals surface area contributed by atoms with Crippen LogP contribution >= 0.6 is 11.6 Å². The summed E-state index contributed by atoms with van der Waals surface area (Å²) in [4.78, 5) is 15.2. The molecule has 2 rings (SSSR count). The van der Waals surface area contributed by atoms with Gasteiger partial charge in [-0.1, -0.05) is 17.7 Å². The molecule has 0 bridgehead atoms. The number of nitrogens with zero attached hydrogens (tertiary/aromatic N) is 1. The third-order valence-corrected chi connectivity index (χ3v) is 3.04. The van der Waals surface area contributed by atoms with Crippen LogP contribution in [0.2, 0.25) is 5.15 Å². The maximum atomic E-state index is 11.2. The number of carbonyl (C=O) groups excluding carboxylic acids is 1. The van der Waals surface area contributed by atoms with Crippen molar-refractivity contribution in [3.63, 3.8) is 0 Å². The van der Waals surface area contributed by atoms with Crippen LogP contribution in [0.4, 0.5) is 10.5 Å². The lowest BCUT2D eigenvalue weighted by atomic mass is 10.2. The standard InChI is InChI=1S/C15H15ClN2O3/c1-10-7-12(4-5-13(10)18-15(19)20-2)21-9-11-3-6-14(16)17-8-11/h3-8H,9H2,1-2H3,(H,18,19). The van der Waals surface area contributed by atoms with Crippen molar-refractivity contribution in [3.8, 4) is 5.75 Å². The lowest BCUT2D eigenvalue weighted by Crippen LogP contribution is -2.11. The lowest BCUT2D eigenvalue weighted by molar-refractivity contribution is 0.187. The van der Waals surface area contributed by atoms with Gasteiger partial charge in [-0.15, -0.1) is 0 Å². The molecule has 0 atom stereocenters. The molecule has 0 aliphatic carbocycles. The Labute approximate surface area is 127 Å². The molecule has 6 heteroatoms. The van der Waals surface area contributed by atoms with Crippen LogP contribution in [-0.2, 0) is 11.3 Å². The summed E-state index contributed by atoms with van der Waals surface area (Å²) >= 11 is 5.72. The van der Waals surface area contributed by atoms with Crippen LogP contribution in [-0.4, -0.2) is 18.2 Å². The summed E-state index contributed by atoms with van der Waals surface area (Å²) in [5.41, 5.74) is 2.49. The number of rotatable bonds is 4. The fourth-order valence-electron chi connectivity index (χ4n) is 1.69. The number of ether oxygens (including phenoxy) is 2. The van der Waals surface area contributed by atoms with E-state index in [1.54, 1.807) is 24.4 Å². The molecule has 1 aromatic carbocycles. The van der Waals surface area contributed by atoms with Gasteiger partial charge >= 0.3 is 6.09 Å². The number of anilines is 1. The highest BCUT2D eigenvalue weighted by Crippen LogP contribution is 2.22. The van der Waals surface area contributed by atoms with E-state index in [4.69, 9.17) is 16.3 Å². The molecular weight excluding hydrogens is 292 g/mol. The van der Waals surface area contributed by atoms with E-state index in [0.717, 1.165) is 11.1 Å². The van der Waals surface area contributed by atoms with Crippen LogP contribution in [0.5, 0.6) is 5.75 Å². The summed E-state index contributed by atoms with van der Waals surface area (Å²) in [5, 5.41) is 3.08. The van der Waals surface area contributed by atoms with E-state index in [9.17, 15) is 4.79 Å². The van der Waals surface area contributed by atoms with Gasteiger partial charge in [0.2, 0.25) is 0 Å². The van der Waals surface area contributed by atoms with Crippen molar-refractivity contribution >= 4 is 23.4 Å². The lowest BCUT2D eigenvalue weighted by Gasteiger charge is -2.10. The van der Waals surface area contributed by atoms with Crippen LogP contribution in [0.25, 0.3) is 0 Å². The zero-order valence-corrected chi connectivity index (χ0v) is 12.5. The highest BCUT2D eigenvalue weighted by molar-refractivity contribution is 6.29. The van der Waals surface area contributed by atoms with Crippen molar-refractivity contribution < 1.29 is 14.3 Å². The van der Waals surface area contributed by atoms with Gasteiger partial charge in [-0.25, -0.2) is 9.78 Å². The number of aromatic nitrogens is 1. The largest absolute Gasteiger partial charge is 0.489 e. The Morgan fingerprint density at radius 3 is 2.76 bits per heavy atom. The molecule has 0 fully saturated rings. The van der Waals surface area contributed by atoms with Gasteiger partial charge < -0.3 is 9.47 Å². The third kappa shape index (κ3) is 4.36. The first-order chi connectivity index (χ1) is 10.1. The molecule has 0 saturated carbocycles. The quantitative estimate of drug-likeness (QED) is 0.873. The van der Waals surface area contributed by atoms with Crippen LogP contribution in [0.1, 0.15) is 11.1 Å². The number of pyridine rings is 1. The van der Waals surface area contributed by atoms with E-state index in [2.05, 4.69) is 15.0 Å². The van der Waals surface area contributed by atoms with Gasteiger partial charge in [0, 0.05) is 17.4 Å². The predicted molar refractivity (Wildman–Crippen MR) is 80.8 cm³/mol. The molecule has 0 aliphatic rings. The molecule has 5 nitrogen and oxygen atoms in total. The van der Waals surface area contributed by atoms with Crippen molar-refractivity contribution in [1.82, 2.24) is 4.98 Å². The predicted octanol–water partition coefficient (Wildman–Crippen LogP) is 3.80. The summed E-state index contributed by atoms with van der Waals surface area (Å²) < 4.78 is 10.2. The van der Waals surface area contributed by atoms with E-state index in [-0.39, 0.29) is 0 Å². The molecular formula is C15H15ClN2O3. The Kier molecular flexibility index (Phi) is 5.00. The smallest absolute Gasteiger partial charge is 0.411 e. The van der Waals surface area contributed by atoms with Gasteiger partial charge in [0.1, 0.15) is 17.5 Å². The first kappa shape index (κ1) is 15.1. The Morgan fingerprint density at radius 1 is 1.33 bits per heavy atom. The fourth-order valence-corrected chi connectivity index (χ4v) is 1.80. The fraction of sp³-hybridized carbons (Fsp3) is 0.200. The third-order valence-electron chi connectivity index (χ3n) is 2.81. The van der Waals surface area contributed by atoms with Crippen molar-refractivity contribution in [3.05, 3.63) is 52.8 Å². The molecule has 1 aromatic heterocycles. The van der Waals surface area contributed by atoms with Crippen LogP contribution < -0.4 is 10.1 Å². The number of nitrogens with one attached hydrogen (secondary N) is 1. The average molecular weight is 307 g/mol. The normalized spacial score (nSPS) is 10.0. The SMILES string of the molecule is COC(=O)Nc1ccc(OCc2ccc(Cl)nc2)cc1C. The summed E-state index contributed by atoms with van der Waals surface area (Å²) in [7, 11) is 1.32. The van der Waals surface area contributed by atoms with E-state index in [1.807, 2.05) is 19.1 Å². The molecule has 0 radical (unpaired) electrons. The van der Waals surface area contributed by atoms with Gasteiger partial charge in [-0.05, 0) is 36.8 Å². The second-order valence-corrected chi connectivity index (χ2v) is 4.76. The molecule has 1 N–H and O–H groups in total. The number of methoxy groups -OCH3 is 1. The van der Waals surface area contributed by atoms with Crippen molar-refractivity contribution in [2.75, 3.05) is 12.4 Å². The first-order valence-corrected chi connectivity index (χ1v) is 6.65. The highest BCUT2D eigenvalue weighted by Gasteiger charge is 2.05. The molecule has 0 unspecified atom stereocenters. The maximum absolute atomic E-state index is 11.2. The number of aryl methyl sites for hydroxylation is 1. The van der Waals surface area contributed by atoms with E-state index in [1.165, 1.54) is 7.11 Å². The van der Waals surface area contributed by atoms with Gasteiger partial charge in [-0.3, -0.25) is 5.32 Å². The van der Waals surface area contributed by atoms with Crippen molar-refractivity contribution in [1.29, 1.82) is 0 Å². The van der Waals surface area contributed by atoms with Gasteiger partial charge in [-0.2, -0.15) is 0 Å². The maximum Gasteiger partial charge on any atom is 0.411 e. The molecule has 1 amide bonds. The molecule has 21 heavy (non-hydrogen) atoms. The molecule has 0 saturated heterocycles. The Hall–Kier alpha value is -2.27. The Balaban J connectivity index is 1.99. The molecule has 110 valence electrons. The first-order valence-electron chi connectivity index (χ1n) is 6.27. The summed E-state index contributed by atoms with van der Waals surface area (Å²) in [5.74, 6) is 0.706. The Bertz CT molecular complexity index is 629. The van der Waals surface area contributed by atoms with Gasteiger partial charge in [0.25, 0.3) is 0 Å². The van der Waals surface area contributed by atoms with Crippen molar-refractivity contribution in [2.45, 2.75) is 13.5 Å². The summed E-state index contributed by atoms with van der Waals surface area (Å²) in [6, 6.07) is 8.96. The van der Waals surface area contributed by atoms with Crippen LogP contribution in [0, 0.1) is 6.92 Å². The van der Waals surface area contributed by atoms with E-state index in [0.29, 0.717) is 23.2 Å². The van der Waals surface area contributed by atoms with Crippen LogP contribution in [0.3, 0.4) is 0 Å². The average Bonchev–Trinajstić information content (AvgIpc) is 2.49. The van der Waals surface area contributed by atoms with Crippen molar-refractivity contribution in [2.24, 2.45) is 0 Å². The molecule has 0 spiro atoms. The number of amides is 1. The zero-order chi connectivity index (χ0) is 15.2. The van der Waals surface area contributed by atoms with E-state index >= 15 is 0 Å². The number of benzene rings is 1. The van der Waals surface area contributed by atoms with Crippen LogP contribution in [0.15, 0.2) is 36.5 Å². The topological polar surface area (TPSA) is 60.5 Å². The minimum absolute atomic E-state index is 0.396. The van der Waals surface area contributed by atoms with Gasteiger partial charge in [0.15, 0.2) is 0 Å². The highest BCUT2D eigenvalue weighted by atomic mass is 35.5. The molecule has 2 aromatic rings. The van der Waals surface area contributed by atoms with Gasteiger partial charge in [0.05, 0.1) is 7.11 Å². The molecule has 1 heterocycles. The Morgan fingerprint density at radius 2 is 2.14 bits per heavy atom. The zero-order valence-electron chi connectivity index (χ0n) is 11.7. The summed E-state index contributed by atoms with van der Waals surface area (Å²) in [6.45, 7) is 2.27. The summed E-state index contributed by atoms with van der Waals surface area (Å²) in [6.07, 6.45) is 1.17. The second kappa shape index (κ2) is 6.95. The number of hydrogen-bond donors (Lipinski definition) is 1. The molecule has 0 aliphatic heterocycles. The minimum Gasteiger partial charge on any atom is -0.489 e. The number of halogens is 1.